The first kappa shape index (κ1) is 17.7. The summed E-state index contributed by atoms with van der Waals surface area (Å²) >= 11 is 0. The Kier molecular flexibility index (Phi) is 5.63. The number of anilines is 1. The third kappa shape index (κ3) is 4.69. The average molecular weight is 350 g/mol. The van der Waals surface area contributed by atoms with E-state index in [9.17, 15) is 4.79 Å². The molecule has 0 unspecified atom stereocenters. The van der Waals surface area contributed by atoms with Crippen LogP contribution in [0.3, 0.4) is 0 Å². The van der Waals surface area contributed by atoms with Crippen molar-refractivity contribution in [2.75, 3.05) is 19.0 Å². The lowest BCUT2D eigenvalue weighted by Gasteiger charge is -2.11. The lowest BCUT2D eigenvalue weighted by molar-refractivity contribution is -0.121. The molecule has 0 aliphatic carbocycles. The Balaban J connectivity index is 1.46. The Morgan fingerprint density at radius 1 is 1.08 bits per heavy atom. The fraction of sp³-hybridized carbons (Fsp3) is 0.250. The fourth-order valence-corrected chi connectivity index (χ4v) is 2.46. The van der Waals surface area contributed by atoms with Crippen LogP contribution in [0.15, 0.2) is 59.3 Å². The Morgan fingerprint density at radius 2 is 1.88 bits per heavy atom. The van der Waals surface area contributed by atoms with Crippen LogP contribution in [0.25, 0.3) is 11.3 Å². The summed E-state index contributed by atoms with van der Waals surface area (Å²) in [7, 11) is 3.88. The predicted molar refractivity (Wildman–Crippen MR) is 101 cm³/mol. The van der Waals surface area contributed by atoms with Crippen LogP contribution in [-0.2, 0) is 17.8 Å². The maximum Gasteiger partial charge on any atom is 0.220 e. The topological polar surface area (TPSA) is 71.3 Å². The molecule has 2 aromatic heterocycles. The Labute approximate surface area is 152 Å². The standard InChI is InChI=1S/C20H22N4O2/c1-24(2)18-9-8-15(12-21-18)13-22-19(25)10-11-20-23-14-17(26-20)16-6-4-3-5-7-16/h3-9,12,14H,10-11,13H2,1-2H3,(H,22,25). The molecule has 0 spiro atoms. The van der Waals surface area contributed by atoms with Crippen LogP contribution in [-0.4, -0.2) is 30.0 Å². The van der Waals surface area contributed by atoms with Crippen LogP contribution in [0.2, 0.25) is 0 Å². The van der Waals surface area contributed by atoms with Crippen LogP contribution in [0, 0.1) is 0 Å². The second-order valence-corrected chi connectivity index (χ2v) is 6.18. The number of oxazole rings is 1. The molecule has 6 heteroatoms. The minimum Gasteiger partial charge on any atom is -0.441 e. The van der Waals surface area contributed by atoms with Gasteiger partial charge in [-0.2, -0.15) is 0 Å². The van der Waals surface area contributed by atoms with Gasteiger partial charge in [0, 0.05) is 45.2 Å². The zero-order valence-corrected chi connectivity index (χ0v) is 15.0. The van der Waals surface area contributed by atoms with Gasteiger partial charge in [-0.3, -0.25) is 4.79 Å². The summed E-state index contributed by atoms with van der Waals surface area (Å²) in [5, 5.41) is 2.89. The van der Waals surface area contributed by atoms with E-state index in [0.29, 0.717) is 31.0 Å². The van der Waals surface area contributed by atoms with E-state index >= 15 is 0 Å². The molecule has 3 aromatic rings. The summed E-state index contributed by atoms with van der Waals surface area (Å²) < 4.78 is 5.71. The first-order chi connectivity index (χ1) is 12.6. The number of rotatable bonds is 7. The van der Waals surface area contributed by atoms with Crippen molar-refractivity contribution in [1.82, 2.24) is 15.3 Å². The molecular formula is C20H22N4O2. The van der Waals surface area contributed by atoms with Gasteiger partial charge in [-0.05, 0) is 11.6 Å². The number of carbonyl (C=O) groups is 1. The second kappa shape index (κ2) is 8.29. The van der Waals surface area contributed by atoms with Gasteiger partial charge in [-0.25, -0.2) is 9.97 Å². The van der Waals surface area contributed by atoms with Gasteiger partial charge in [0.2, 0.25) is 5.91 Å². The van der Waals surface area contributed by atoms with Crippen LogP contribution < -0.4 is 10.2 Å². The number of aromatic nitrogens is 2. The van der Waals surface area contributed by atoms with Gasteiger partial charge in [0.1, 0.15) is 5.82 Å². The zero-order chi connectivity index (χ0) is 18.4. The quantitative estimate of drug-likeness (QED) is 0.709. The summed E-state index contributed by atoms with van der Waals surface area (Å²) in [4.78, 5) is 22.5. The van der Waals surface area contributed by atoms with E-state index in [1.54, 1.807) is 12.4 Å². The van der Waals surface area contributed by atoms with Crippen molar-refractivity contribution in [1.29, 1.82) is 0 Å². The minimum absolute atomic E-state index is 0.0406. The highest BCUT2D eigenvalue weighted by Crippen LogP contribution is 2.20. The van der Waals surface area contributed by atoms with E-state index in [1.807, 2.05) is 61.5 Å². The second-order valence-electron chi connectivity index (χ2n) is 6.18. The zero-order valence-electron chi connectivity index (χ0n) is 15.0. The van der Waals surface area contributed by atoms with Crippen LogP contribution in [0.5, 0.6) is 0 Å². The molecule has 0 atom stereocenters. The molecular weight excluding hydrogens is 328 g/mol. The van der Waals surface area contributed by atoms with E-state index in [4.69, 9.17) is 4.42 Å². The van der Waals surface area contributed by atoms with Gasteiger partial charge >= 0.3 is 0 Å². The summed E-state index contributed by atoms with van der Waals surface area (Å²) in [5.74, 6) is 2.13. The smallest absolute Gasteiger partial charge is 0.220 e. The van der Waals surface area contributed by atoms with Gasteiger partial charge < -0.3 is 14.6 Å². The average Bonchev–Trinajstić information content (AvgIpc) is 3.15. The number of hydrogen-bond donors (Lipinski definition) is 1. The third-order valence-electron chi connectivity index (χ3n) is 3.93. The van der Waals surface area contributed by atoms with Gasteiger partial charge in [0.25, 0.3) is 0 Å². The molecule has 2 heterocycles. The SMILES string of the molecule is CN(C)c1ccc(CNC(=O)CCc2ncc(-c3ccccc3)o2)cn1. The van der Waals surface area contributed by atoms with Crippen molar-refractivity contribution in [3.63, 3.8) is 0 Å². The van der Waals surface area contributed by atoms with Crippen LogP contribution in [0.4, 0.5) is 5.82 Å². The molecule has 3 rings (SSSR count). The number of nitrogens with zero attached hydrogens (tertiary/aromatic N) is 3. The molecule has 6 nitrogen and oxygen atoms in total. The first-order valence-corrected chi connectivity index (χ1v) is 8.51. The van der Waals surface area contributed by atoms with Gasteiger partial charge in [-0.1, -0.05) is 36.4 Å². The van der Waals surface area contributed by atoms with Crippen molar-refractivity contribution in [2.45, 2.75) is 19.4 Å². The number of benzene rings is 1. The number of hydrogen-bond acceptors (Lipinski definition) is 5. The normalized spacial score (nSPS) is 10.5. The maximum atomic E-state index is 12.0. The van der Waals surface area contributed by atoms with Crippen LogP contribution >= 0.6 is 0 Å². The third-order valence-corrected chi connectivity index (χ3v) is 3.93. The molecule has 134 valence electrons. The number of nitrogens with one attached hydrogen (secondary N) is 1. The Bertz CT molecular complexity index is 842. The van der Waals surface area contributed by atoms with Gasteiger partial charge in [0.05, 0.1) is 6.20 Å². The number of amides is 1. The molecule has 0 saturated carbocycles. The van der Waals surface area contributed by atoms with Gasteiger partial charge in [0.15, 0.2) is 11.7 Å². The Morgan fingerprint density at radius 3 is 2.58 bits per heavy atom. The molecule has 0 aliphatic heterocycles. The molecule has 1 aromatic carbocycles. The van der Waals surface area contributed by atoms with E-state index in [0.717, 1.165) is 16.9 Å². The number of carbonyl (C=O) groups excluding carboxylic acids is 1. The predicted octanol–water partition coefficient (Wildman–Crippen LogP) is 3.05. The molecule has 0 bridgehead atoms. The minimum atomic E-state index is -0.0406. The van der Waals surface area contributed by atoms with Crippen LogP contribution in [0.1, 0.15) is 17.9 Å². The van der Waals surface area contributed by atoms with E-state index in [-0.39, 0.29) is 5.91 Å². The highest BCUT2D eigenvalue weighted by Gasteiger charge is 2.09. The summed E-state index contributed by atoms with van der Waals surface area (Å²) in [6.07, 6.45) is 4.27. The molecule has 1 amide bonds. The monoisotopic (exact) mass is 350 g/mol. The van der Waals surface area contributed by atoms with E-state index in [2.05, 4.69) is 15.3 Å². The number of pyridine rings is 1. The number of aryl methyl sites for hydroxylation is 1. The van der Waals surface area contributed by atoms with Crippen molar-refractivity contribution < 1.29 is 9.21 Å². The maximum absolute atomic E-state index is 12.0. The highest BCUT2D eigenvalue weighted by atomic mass is 16.4. The summed E-state index contributed by atoms with van der Waals surface area (Å²) in [6.45, 7) is 0.459. The largest absolute Gasteiger partial charge is 0.441 e. The fourth-order valence-electron chi connectivity index (χ4n) is 2.46. The summed E-state index contributed by atoms with van der Waals surface area (Å²) in [6, 6.07) is 13.7. The van der Waals surface area contributed by atoms with Crippen molar-refractivity contribution in [3.05, 3.63) is 66.3 Å². The summed E-state index contributed by atoms with van der Waals surface area (Å²) in [5.41, 5.74) is 1.94. The first-order valence-electron chi connectivity index (χ1n) is 8.51. The molecule has 0 radical (unpaired) electrons. The molecule has 26 heavy (non-hydrogen) atoms. The molecule has 0 aliphatic rings. The lowest BCUT2D eigenvalue weighted by Crippen LogP contribution is -2.23. The molecule has 0 fully saturated rings. The van der Waals surface area contributed by atoms with E-state index in [1.165, 1.54) is 0 Å². The van der Waals surface area contributed by atoms with E-state index < -0.39 is 0 Å². The highest BCUT2D eigenvalue weighted by molar-refractivity contribution is 5.76. The molecule has 0 saturated heterocycles. The van der Waals surface area contributed by atoms with Crippen molar-refractivity contribution >= 4 is 11.7 Å². The lowest BCUT2D eigenvalue weighted by atomic mass is 10.2. The molecule has 1 N–H and O–H groups in total. The van der Waals surface area contributed by atoms with Gasteiger partial charge in [-0.15, -0.1) is 0 Å². The van der Waals surface area contributed by atoms with Crippen molar-refractivity contribution in [3.8, 4) is 11.3 Å². The Hall–Kier alpha value is -3.15. The van der Waals surface area contributed by atoms with Crippen molar-refractivity contribution in [2.24, 2.45) is 0 Å².